The van der Waals surface area contributed by atoms with E-state index in [1.54, 1.807) is 0 Å². The van der Waals surface area contributed by atoms with Crippen LogP contribution >= 0.6 is 0 Å². The van der Waals surface area contributed by atoms with E-state index in [9.17, 15) is 0 Å². The van der Waals surface area contributed by atoms with Gasteiger partial charge in [0.25, 0.3) is 0 Å². The number of nitrogens with zero attached hydrogens (tertiary/aromatic N) is 2. The van der Waals surface area contributed by atoms with Crippen LogP contribution in [0.2, 0.25) is 0 Å². The minimum absolute atomic E-state index is 1.03. The van der Waals surface area contributed by atoms with Gasteiger partial charge in [-0.1, -0.05) is 24.3 Å². The zero-order chi connectivity index (χ0) is 11.8. The van der Waals surface area contributed by atoms with Crippen LogP contribution in [-0.2, 0) is 0 Å². The summed E-state index contributed by atoms with van der Waals surface area (Å²) in [7, 11) is 4.17. The van der Waals surface area contributed by atoms with Gasteiger partial charge in [0.15, 0.2) is 0 Å². The van der Waals surface area contributed by atoms with Crippen molar-refractivity contribution in [2.45, 2.75) is 13.3 Å². The van der Waals surface area contributed by atoms with Crippen molar-refractivity contribution in [3.05, 3.63) is 48.3 Å². The topological polar surface area (TPSA) is 16.1 Å². The van der Waals surface area contributed by atoms with E-state index in [0.717, 1.165) is 18.7 Å². The molecule has 0 unspecified atom stereocenters. The lowest BCUT2D eigenvalue weighted by Gasteiger charge is -2.06. The Hall–Kier alpha value is -1.41. The Balaban J connectivity index is 2.57. The van der Waals surface area contributed by atoms with Crippen LogP contribution in [0, 0.1) is 0 Å². The molecule has 1 heterocycles. The molecule has 0 bridgehead atoms. The summed E-state index contributed by atoms with van der Waals surface area (Å²) in [5.74, 6) is 0. The third kappa shape index (κ3) is 4.41. The lowest BCUT2D eigenvalue weighted by molar-refractivity contribution is 0.417. The maximum atomic E-state index is 4.33. The molecule has 0 aliphatic carbocycles. The molecule has 0 radical (unpaired) electrons. The molecule has 0 aliphatic heterocycles. The van der Waals surface area contributed by atoms with Crippen molar-refractivity contribution in [1.82, 2.24) is 9.88 Å². The Labute approximate surface area is 98.3 Å². The largest absolute Gasteiger partial charge is 0.309 e. The third-order valence-corrected chi connectivity index (χ3v) is 2.31. The van der Waals surface area contributed by atoms with Crippen LogP contribution in [0.25, 0.3) is 5.57 Å². The molecule has 0 aliphatic rings. The summed E-state index contributed by atoms with van der Waals surface area (Å²) in [4.78, 5) is 6.51. The number of pyridine rings is 1. The third-order valence-electron chi connectivity index (χ3n) is 2.31. The second kappa shape index (κ2) is 6.96. The Morgan fingerprint density at radius 2 is 2.19 bits per heavy atom. The zero-order valence-corrected chi connectivity index (χ0v) is 10.4. The first-order valence-electron chi connectivity index (χ1n) is 5.63. The summed E-state index contributed by atoms with van der Waals surface area (Å²) in [5, 5.41) is 0. The highest BCUT2D eigenvalue weighted by Crippen LogP contribution is 2.12. The van der Waals surface area contributed by atoms with Gasteiger partial charge >= 0.3 is 0 Å². The van der Waals surface area contributed by atoms with Gasteiger partial charge in [-0.2, -0.15) is 0 Å². The van der Waals surface area contributed by atoms with E-state index in [0.29, 0.717) is 0 Å². The van der Waals surface area contributed by atoms with Crippen LogP contribution in [0.5, 0.6) is 0 Å². The van der Waals surface area contributed by atoms with E-state index in [1.807, 2.05) is 31.3 Å². The molecule has 2 heteroatoms. The molecule has 0 fully saturated rings. The average Bonchev–Trinajstić information content (AvgIpc) is 2.30. The van der Waals surface area contributed by atoms with Gasteiger partial charge in [0, 0.05) is 12.7 Å². The van der Waals surface area contributed by atoms with Crippen molar-refractivity contribution in [2.24, 2.45) is 0 Å². The van der Waals surface area contributed by atoms with Gasteiger partial charge in [0.05, 0.1) is 5.69 Å². The molecule has 0 spiro atoms. The van der Waals surface area contributed by atoms with E-state index < -0.39 is 0 Å². The molecule has 0 N–H and O–H groups in total. The summed E-state index contributed by atoms with van der Waals surface area (Å²) in [6.07, 6.45) is 9.33. The molecule has 0 amide bonds. The van der Waals surface area contributed by atoms with Crippen molar-refractivity contribution in [2.75, 3.05) is 20.6 Å². The molecule has 1 rings (SSSR count). The van der Waals surface area contributed by atoms with Crippen LogP contribution in [-0.4, -0.2) is 30.5 Å². The molecule has 0 saturated heterocycles. The molecule has 1 aromatic heterocycles. The summed E-state index contributed by atoms with van der Waals surface area (Å²) in [5.41, 5.74) is 2.21. The number of hydrogen-bond acceptors (Lipinski definition) is 2. The number of rotatable bonds is 5. The second-order valence-corrected chi connectivity index (χ2v) is 3.95. The van der Waals surface area contributed by atoms with Gasteiger partial charge in [-0.15, -0.1) is 0 Å². The molecular weight excluding hydrogens is 196 g/mol. The van der Waals surface area contributed by atoms with Gasteiger partial charge in [-0.25, -0.2) is 0 Å². The van der Waals surface area contributed by atoms with E-state index in [4.69, 9.17) is 0 Å². The maximum absolute atomic E-state index is 4.33. The van der Waals surface area contributed by atoms with Crippen LogP contribution in [0.3, 0.4) is 0 Å². The van der Waals surface area contributed by atoms with Gasteiger partial charge in [0.2, 0.25) is 0 Å². The molecule has 0 aromatic carbocycles. The summed E-state index contributed by atoms with van der Waals surface area (Å²) in [6, 6.07) is 5.98. The minimum Gasteiger partial charge on any atom is -0.309 e. The van der Waals surface area contributed by atoms with Crippen LogP contribution in [0.15, 0.2) is 42.6 Å². The Kier molecular flexibility index (Phi) is 5.51. The smallest absolute Gasteiger partial charge is 0.0698 e. The lowest BCUT2D eigenvalue weighted by Crippen LogP contribution is -2.11. The highest BCUT2D eigenvalue weighted by atomic mass is 15.0. The van der Waals surface area contributed by atoms with Crippen molar-refractivity contribution < 1.29 is 0 Å². The standard InChI is InChI=1S/C14H20N2/c1-4-13(9-6-8-12-16(2)3)14-10-5-7-11-15-14/h4-7,9-11H,8,12H2,1-3H3/b9-6-,13-4+. The first-order valence-corrected chi connectivity index (χ1v) is 5.63. The number of allylic oxidation sites excluding steroid dienone is 3. The second-order valence-electron chi connectivity index (χ2n) is 3.95. The van der Waals surface area contributed by atoms with Gasteiger partial charge in [-0.3, -0.25) is 4.98 Å². The Morgan fingerprint density at radius 3 is 2.75 bits per heavy atom. The van der Waals surface area contributed by atoms with E-state index >= 15 is 0 Å². The fraction of sp³-hybridized carbons (Fsp3) is 0.357. The minimum atomic E-state index is 1.03. The zero-order valence-electron chi connectivity index (χ0n) is 10.4. The van der Waals surface area contributed by atoms with Crippen LogP contribution in [0.4, 0.5) is 0 Å². The fourth-order valence-corrected chi connectivity index (χ4v) is 1.41. The molecule has 0 saturated carbocycles. The average molecular weight is 216 g/mol. The first-order chi connectivity index (χ1) is 7.74. The van der Waals surface area contributed by atoms with Crippen molar-refractivity contribution in [3.8, 4) is 0 Å². The summed E-state index contributed by atoms with van der Waals surface area (Å²) in [6.45, 7) is 3.12. The predicted molar refractivity (Wildman–Crippen MR) is 70.2 cm³/mol. The molecule has 1 aromatic rings. The molecule has 0 atom stereocenters. The summed E-state index contributed by atoms with van der Waals surface area (Å²) >= 11 is 0. The lowest BCUT2D eigenvalue weighted by atomic mass is 10.1. The Bertz CT molecular complexity index is 350. The molecule has 16 heavy (non-hydrogen) atoms. The van der Waals surface area contributed by atoms with Crippen molar-refractivity contribution in [3.63, 3.8) is 0 Å². The molecule has 2 nitrogen and oxygen atoms in total. The fourth-order valence-electron chi connectivity index (χ4n) is 1.41. The SMILES string of the molecule is C/C=C(\C=C/CCN(C)C)c1ccccn1. The maximum Gasteiger partial charge on any atom is 0.0698 e. The number of hydrogen-bond donors (Lipinski definition) is 0. The van der Waals surface area contributed by atoms with Gasteiger partial charge in [0.1, 0.15) is 0 Å². The highest BCUT2D eigenvalue weighted by molar-refractivity contribution is 5.71. The predicted octanol–water partition coefficient (Wildman–Crippen LogP) is 2.99. The normalized spacial score (nSPS) is 12.6. The van der Waals surface area contributed by atoms with Crippen LogP contribution < -0.4 is 0 Å². The molecular formula is C14H20N2. The Morgan fingerprint density at radius 1 is 1.38 bits per heavy atom. The highest BCUT2D eigenvalue weighted by Gasteiger charge is 1.95. The molecule has 86 valence electrons. The van der Waals surface area contributed by atoms with E-state index in [1.165, 1.54) is 5.57 Å². The van der Waals surface area contributed by atoms with Gasteiger partial charge < -0.3 is 4.90 Å². The van der Waals surface area contributed by atoms with Gasteiger partial charge in [-0.05, 0) is 45.1 Å². The van der Waals surface area contributed by atoms with E-state index in [2.05, 4.69) is 42.2 Å². The number of aromatic nitrogens is 1. The van der Waals surface area contributed by atoms with E-state index in [-0.39, 0.29) is 0 Å². The van der Waals surface area contributed by atoms with Crippen LogP contribution in [0.1, 0.15) is 19.0 Å². The quantitative estimate of drug-likeness (QED) is 0.703. The monoisotopic (exact) mass is 216 g/mol. The van der Waals surface area contributed by atoms with Crippen molar-refractivity contribution >= 4 is 5.57 Å². The van der Waals surface area contributed by atoms with Crippen molar-refractivity contribution in [1.29, 1.82) is 0 Å². The first kappa shape index (κ1) is 12.7. The summed E-state index contributed by atoms with van der Waals surface area (Å²) < 4.78 is 0.